The van der Waals surface area contributed by atoms with Gasteiger partial charge in [0.1, 0.15) is 17.9 Å². The van der Waals surface area contributed by atoms with Gasteiger partial charge in [0.2, 0.25) is 11.8 Å². The summed E-state index contributed by atoms with van der Waals surface area (Å²) in [7, 11) is 0. The lowest BCUT2D eigenvalue weighted by Crippen LogP contribution is -2.68. The van der Waals surface area contributed by atoms with E-state index in [4.69, 9.17) is 0 Å². The van der Waals surface area contributed by atoms with Crippen LogP contribution in [0, 0.1) is 33.1 Å². The monoisotopic (exact) mass is 556 g/mol. The molecule has 6 rings (SSSR count). The molecule has 5 nitrogen and oxygen atoms in total. The van der Waals surface area contributed by atoms with Gasteiger partial charge in [0.15, 0.2) is 0 Å². The molecule has 1 saturated heterocycles. The van der Waals surface area contributed by atoms with Gasteiger partial charge < -0.3 is 0 Å². The number of amides is 2. The number of Topliss-reactive ketones (excluding diaryl/α,β-unsaturated/α-hetero) is 1. The second-order valence-electron chi connectivity index (χ2n) is 12.0. The number of hydrogen-bond acceptors (Lipinski definition) is 3. The van der Waals surface area contributed by atoms with Gasteiger partial charge in [-0.1, -0.05) is 95.1 Å². The quantitative estimate of drug-likeness (QED) is 0.250. The van der Waals surface area contributed by atoms with E-state index in [1.165, 1.54) is 0 Å². The highest BCUT2D eigenvalue weighted by molar-refractivity contribution is 6.22. The molecule has 212 valence electrons. The standard InChI is InChI=1S/C37H36N2O3/c1-24-5-13-28(14-6-24)33-21-32(40)22-34(29-15-7-25(2)8-16-29)37(33)35(41)38(30-17-9-26(3)10-18-30)23-39(36(37)42)31-19-11-27(4)12-20-31/h5-20,33-34H,21-23H2,1-4H3. The lowest BCUT2D eigenvalue weighted by atomic mass is 9.54. The second-order valence-corrected chi connectivity index (χ2v) is 12.0. The summed E-state index contributed by atoms with van der Waals surface area (Å²) >= 11 is 0. The minimum atomic E-state index is -1.52. The maximum absolute atomic E-state index is 15.2. The highest BCUT2D eigenvalue weighted by atomic mass is 16.2. The van der Waals surface area contributed by atoms with Crippen LogP contribution in [0.5, 0.6) is 0 Å². The van der Waals surface area contributed by atoms with Crippen molar-refractivity contribution in [3.63, 3.8) is 0 Å². The minimum Gasteiger partial charge on any atom is -0.300 e. The number of carbonyl (C=O) groups excluding carboxylic acids is 3. The third-order valence-corrected chi connectivity index (χ3v) is 9.09. The van der Waals surface area contributed by atoms with Gasteiger partial charge in [-0.3, -0.25) is 24.2 Å². The molecule has 0 radical (unpaired) electrons. The number of aryl methyl sites for hydroxylation is 4. The van der Waals surface area contributed by atoms with Crippen molar-refractivity contribution in [3.8, 4) is 0 Å². The van der Waals surface area contributed by atoms with Crippen molar-refractivity contribution in [2.45, 2.75) is 52.4 Å². The first kappa shape index (κ1) is 27.6. The highest BCUT2D eigenvalue weighted by Gasteiger charge is 2.65. The van der Waals surface area contributed by atoms with E-state index >= 15 is 9.59 Å². The number of anilines is 2. The number of carbonyl (C=O) groups is 3. The summed E-state index contributed by atoms with van der Waals surface area (Å²) < 4.78 is 0. The maximum atomic E-state index is 15.2. The van der Waals surface area contributed by atoms with E-state index in [9.17, 15) is 4.79 Å². The van der Waals surface area contributed by atoms with Crippen molar-refractivity contribution in [2.75, 3.05) is 16.5 Å². The highest BCUT2D eigenvalue weighted by Crippen LogP contribution is 2.58. The van der Waals surface area contributed by atoms with Crippen LogP contribution >= 0.6 is 0 Å². The first-order valence-corrected chi connectivity index (χ1v) is 14.6. The zero-order chi connectivity index (χ0) is 29.6. The van der Waals surface area contributed by atoms with Gasteiger partial charge in [0.05, 0.1) is 0 Å². The summed E-state index contributed by atoms with van der Waals surface area (Å²) in [6.45, 7) is 8.14. The van der Waals surface area contributed by atoms with Gasteiger partial charge >= 0.3 is 0 Å². The summed E-state index contributed by atoms with van der Waals surface area (Å²) in [5, 5.41) is 0. The van der Waals surface area contributed by atoms with Crippen molar-refractivity contribution in [1.29, 1.82) is 0 Å². The summed E-state index contributed by atoms with van der Waals surface area (Å²) in [5.74, 6) is -1.67. The molecule has 1 aliphatic carbocycles. The topological polar surface area (TPSA) is 57.7 Å². The molecular weight excluding hydrogens is 520 g/mol. The Hall–Kier alpha value is -4.51. The molecule has 1 aliphatic heterocycles. The Labute approximate surface area is 247 Å². The van der Waals surface area contributed by atoms with E-state index in [2.05, 4.69) is 0 Å². The van der Waals surface area contributed by atoms with Crippen molar-refractivity contribution in [2.24, 2.45) is 5.41 Å². The normalized spacial score (nSPS) is 20.3. The molecule has 5 heteroatoms. The van der Waals surface area contributed by atoms with Gasteiger partial charge in [0, 0.05) is 36.1 Å². The summed E-state index contributed by atoms with van der Waals surface area (Å²) in [4.78, 5) is 47.4. The van der Waals surface area contributed by atoms with Crippen LogP contribution in [0.25, 0.3) is 0 Å². The predicted molar refractivity (Wildman–Crippen MR) is 167 cm³/mol. The smallest absolute Gasteiger partial charge is 0.245 e. The molecule has 1 spiro atoms. The zero-order valence-corrected chi connectivity index (χ0v) is 24.6. The maximum Gasteiger partial charge on any atom is 0.245 e. The van der Waals surface area contributed by atoms with Crippen LogP contribution in [0.3, 0.4) is 0 Å². The molecule has 1 saturated carbocycles. The van der Waals surface area contributed by atoms with Crippen LogP contribution in [-0.4, -0.2) is 24.3 Å². The van der Waals surface area contributed by atoms with Crippen LogP contribution in [0.2, 0.25) is 0 Å². The van der Waals surface area contributed by atoms with Gasteiger partial charge in [0.25, 0.3) is 0 Å². The van der Waals surface area contributed by atoms with Crippen molar-refractivity contribution >= 4 is 29.0 Å². The molecule has 0 bridgehead atoms. The molecule has 4 aromatic rings. The number of hydrogen-bond donors (Lipinski definition) is 0. The SMILES string of the molecule is Cc1ccc(C2CC(=O)CC(c3ccc(C)cc3)C23C(=O)N(c2ccc(C)cc2)CN(c2ccc(C)cc2)C3=O)cc1. The number of ketones is 1. The first-order chi connectivity index (χ1) is 20.2. The van der Waals surface area contributed by atoms with Gasteiger partial charge in [-0.05, 0) is 63.1 Å². The zero-order valence-electron chi connectivity index (χ0n) is 24.6. The largest absolute Gasteiger partial charge is 0.300 e. The van der Waals surface area contributed by atoms with E-state index in [-0.39, 0.29) is 37.1 Å². The van der Waals surface area contributed by atoms with E-state index in [0.29, 0.717) is 0 Å². The number of nitrogens with zero attached hydrogens (tertiary/aromatic N) is 2. The second kappa shape index (κ2) is 10.7. The Balaban J connectivity index is 1.63. The lowest BCUT2D eigenvalue weighted by Gasteiger charge is -2.54. The van der Waals surface area contributed by atoms with E-state index in [1.807, 2.05) is 125 Å². The molecular formula is C37H36N2O3. The van der Waals surface area contributed by atoms with Crippen LogP contribution in [0.1, 0.15) is 58.1 Å². The average molecular weight is 557 g/mol. The fourth-order valence-corrected chi connectivity index (χ4v) is 6.71. The molecule has 2 unspecified atom stereocenters. The molecule has 2 atom stereocenters. The summed E-state index contributed by atoms with van der Waals surface area (Å²) in [6, 6.07) is 31.6. The number of rotatable bonds is 4. The van der Waals surface area contributed by atoms with Gasteiger partial charge in [-0.25, -0.2) is 0 Å². The Kier molecular flexibility index (Phi) is 7.05. The van der Waals surface area contributed by atoms with Crippen LogP contribution in [0.4, 0.5) is 11.4 Å². The van der Waals surface area contributed by atoms with Gasteiger partial charge in [-0.2, -0.15) is 0 Å². The molecule has 2 aliphatic rings. The van der Waals surface area contributed by atoms with E-state index in [0.717, 1.165) is 44.8 Å². The summed E-state index contributed by atoms with van der Waals surface area (Å²) in [5.41, 5.74) is 5.94. The third-order valence-electron chi connectivity index (χ3n) is 9.09. The van der Waals surface area contributed by atoms with Crippen molar-refractivity contribution in [3.05, 3.63) is 130 Å². The third kappa shape index (κ3) is 4.63. The Morgan fingerprint density at radius 3 is 1.14 bits per heavy atom. The van der Waals surface area contributed by atoms with Crippen molar-refractivity contribution in [1.82, 2.24) is 0 Å². The minimum absolute atomic E-state index is 0.0618. The molecule has 2 amide bonds. The number of benzene rings is 4. The van der Waals surface area contributed by atoms with Crippen molar-refractivity contribution < 1.29 is 14.4 Å². The molecule has 42 heavy (non-hydrogen) atoms. The van der Waals surface area contributed by atoms with Gasteiger partial charge in [-0.15, -0.1) is 0 Å². The molecule has 1 heterocycles. The summed E-state index contributed by atoms with van der Waals surface area (Å²) in [6.07, 6.45) is 0.263. The average Bonchev–Trinajstić information content (AvgIpc) is 2.98. The molecule has 2 fully saturated rings. The Morgan fingerprint density at radius 2 is 0.810 bits per heavy atom. The van der Waals surface area contributed by atoms with E-state index in [1.54, 1.807) is 9.80 Å². The predicted octanol–water partition coefficient (Wildman–Crippen LogP) is 7.17. The lowest BCUT2D eigenvalue weighted by molar-refractivity contribution is -0.150. The Bertz CT molecular complexity index is 1510. The molecule has 4 aromatic carbocycles. The van der Waals surface area contributed by atoms with Crippen LogP contribution in [0.15, 0.2) is 97.1 Å². The Morgan fingerprint density at radius 1 is 0.500 bits per heavy atom. The van der Waals surface area contributed by atoms with Crippen LogP contribution in [-0.2, 0) is 14.4 Å². The molecule has 0 aromatic heterocycles. The van der Waals surface area contributed by atoms with Crippen LogP contribution < -0.4 is 9.80 Å². The molecule has 0 N–H and O–H groups in total. The fourth-order valence-electron chi connectivity index (χ4n) is 6.71. The fraction of sp³-hybridized carbons (Fsp3) is 0.270. The van der Waals surface area contributed by atoms with E-state index < -0.39 is 17.3 Å². The first-order valence-electron chi connectivity index (χ1n) is 14.6.